The van der Waals surface area contributed by atoms with Crippen LogP contribution in [-0.4, -0.2) is 49.2 Å². The third-order valence-electron chi connectivity index (χ3n) is 3.39. The van der Waals surface area contributed by atoms with Crippen LogP contribution >= 0.6 is 11.8 Å². The molecule has 1 aliphatic rings. The minimum Gasteiger partial charge on any atom is -0.492 e. The molecule has 1 N–H and O–H groups in total. The third-order valence-corrected chi connectivity index (χ3v) is 4.72. The molecule has 0 aliphatic carbocycles. The first-order valence-corrected chi connectivity index (χ1v) is 7.96. The zero-order valence-corrected chi connectivity index (χ0v) is 12.9. The standard InChI is InChI=1S/C15H24N2OS/c1-12-15(8-11-19-12)16-13-4-6-14(7-5-13)18-10-9-17(2)3/h4-7,12,15-16H,8-11H2,1-3H3. The molecule has 1 fully saturated rings. The molecule has 0 radical (unpaired) electrons. The van der Waals surface area contributed by atoms with E-state index in [2.05, 4.69) is 43.4 Å². The van der Waals surface area contributed by atoms with E-state index in [-0.39, 0.29) is 0 Å². The highest BCUT2D eigenvalue weighted by atomic mass is 32.2. The van der Waals surface area contributed by atoms with Crippen molar-refractivity contribution in [3.8, 4) is 5.75 Å². The number of nitrogens with one attached hydrogen (secondary N) is 1. The molecule has 2 rings (SSSR count). The molecule has 2 atom stereocenters. The second-order valence-electron chi connectivity index (χ2n) is 5.29. The predicted molar refractivity (Wildman–Crippen MR) is 84.4 cm³/mol. The first-order chi connectivity index (χ1) is 9.15. The Morgan fingerprint density at radius 1 is 1.32 bits per heavy atom. The fourth-order valence-electron chi connectivity index (χ4n) is 2.13. The minimum absolute atomic E-state index is 0.602. The lowest BCUT2D eigenvalue weighted by Crippen LogP contribution is -2.24. The van der Waals surface area contributed by atoms with Crippen LogP contribution in [0.15, 0.2) is 24.3 Å². The van der Waals surface area contributed by atoms with Crippen molar-refractivity contribution in [2.24, 2.45) is 0 Å². The molecule has 1 aromatic carbocycles. The van der Waals surface area contributed by atoms with Crippen molar-refractivity contribution < 1.29 is 4.74 Å². The molecule has 1 aliphatic heterocycles. The molecule has 1 heterocycles. The highest BCUT2D eigenvalue weighted by Crippen LogP contribution is 2.29. The Morgan fingerprint density at radius 3 is 2.63 bits per heavy atom. The van der Waals surface area contributed by atoms with Gasteiger partial charge < -0.3 is 15.0 Å². The van der Waals surface area contributed by atoms with Crippen LogP contribution in [0.4, 0.5) is 5.69 Å². The number of hydrogen-bond acceptors (Lipinski definition) is 4. The molecule has 1 saturated heterocycles. The smallest absolute Gasteiger partial charge is 0.119 e. The number of likely N-dealkylation sites (N-methyl/N-ethyl adjacent to an activating group) is 1. The van der Waals surface area contributed by atoms with Gasteiger partial charge in [0.25, 0.3) is 0 Å². The van der Waals surface area contributed by atoms with Crippen LogP contribution in [0.2, 0.25) is 0 Å². The van der Waals surface area contributed by atoms with Gasteiger partial charge in [0.2, 0.25) is 0 Å². The molecule has 0 aromatic heterocycles. The van der Waals surface area contributed by atoms with E-state index < -0.39 is 0 Å². The Kier molecular flexibility index (Phi) is 5.40. The maximum absolute atomic E-state index is 5.69. The second kappa shape index (κ2) is 7.06. The van der Waals surface area contributed by atoms with Gasteiger partial charge in [0.1, 0.15) is 12.4 Å². The van der Waals surface area contributed by atoms with Crippen molar-refractivity contribution in [1.29, 1.82) is 0 Å². The van der Waals surface area contributed by atoms with Gasteiger partial charge in [-0.1, -0.05) is 6.92 Å². The quantitative estimate of drug-likeness (QED) is 0.866. The van der Waals surface area contributed by atoms with E-state index >= 15 is 0 Å². The average molecular weight is 280 g/mol. The molecule has 3 nitrogen and oxygen atoms in total. The molecule has 19 heavy (non-hydrogen) atoms. The summed E-state index contributed by atoms with van der Waals surface area (Å²) in [5.74, 6) is 2.21. The van der Waals surface area contributed by atoms with E-state index in [1.807, 2.05) is 23.9 Å². The Balaban J connectivity index is 1.81. The molecule has 0 spiro atoms. The van der Waals surface area contributed by atoms with E-state index in [0.29, 0.717) is 11.3 Å². The van der Waals surface area contributed by atoms with Crippen LogP contribution in [0.25, 0.3) is 0 Å². The van der Waals surface area contributed by atoms with E-state index in [9.17, 15) is 0 Å². The number of rotatable bonds is 6. The fraction of sp³-hybridized carbons (Fsp3) is 0.600. The van der Waals surface area contributed by atoms with Gasteiger partial charge in [-0.2, -0.15) is 11.8 Å². The molecular weight excluding hydrogens is 256 g/mol. The lowest BCUT2D eigenvalue weighted by molar-refractivity contribution is 0.261. The van der Waals surface area contributed by atoms with Gasteiger partial charge in [0.15, 0.2) is 0 Å². The fourth-order valence-corrected chi connectivity index (χ4v) is 3.33. The average Bonchev–Trinajstić information content (AvgIpc) is 2.77. The number of benzene rings is 1. The molecular formula is C15H24N2OS. The first kappa shape index (κ1) is 14.5. The summed E-state index contributed by atoms with van der Waals surface area (Å²) in [5.41, 5.74) is 1.19. The predicted octanol–water partition coefficient (Wildman–Crippen LogP) is 2.93. The summed E-state index contributed by atoms with van der Waals surface area (Å²) in [7, 11) is 4.11. The van der Waals surface area contributed by atoms with Crippen LogP contribution < -0.4 is 10.1 Å². The van der Waals surface area contributed by atoms with E-state index in [1.54, 1.807) is 0 Å². The van der Waals surface area contributed by atoms with Gasteiger partial charge in [-0.3, -0.25) is 0 Å². The Morgan fingerprint density at radius 2 is 2.05 bits per heavy atom. The molecule has 0 saturated carbocycles. The highest BCUT2D eigenvalue weighted by molar-refractivity contribution is 8.00. The maximum Gasteiger partial charge on any atom is 0.119 e. The summed E-state index contributed by atoms with van der Waals surface area (Å²) in [6.07, 6.45) is 1.26. The lowest BCUT2D eigenvalue weighted by atomic mass is 10.1. The molecule has 0 amide bonds. The topological polar surface area (TPSA) is 24.5 Å². The Hall–Kier alpha value is -0.870. The van der Waals surface area contributed by atoms with Crippen molar-refractivity contribution in [1.82, 2.24) is 4.90 Å². The van der Waals surface area contributed by atoms with Crippen molar-refractivity contribution in [2.75, 3.05) is 38.3 Å². The van der Waals surface area contributed by atoms with Crippen molar-refractivity contribution in [3.63, 3.8) is 0 Å². The number of thioether (sulfide) groups is 1. The van der Waals surface area contributed by atoms with E-state index in [4.69, 9.17) is 4.74 Å². The molecule has 1 aromatic rings. The highest BCUT2D eigenvalue weighted by Gasteiger charge is 2.23. The number of hydrogen-bond donors (Lipinski definition) is 1. The van der Waals surface area contributed by atoms with Gasteiger partial charge in [0.05, 0.1) is 0 Å². The monoisotopic (exact) mass is 280 g/mol. The normalized spacial score (nSPS) is 22.7. The van der Waals surface area contributed by atoms with Crippen molar-refractivity contribution in [3.05, 3.63) is 24.3 Å². The van der Waals surface area contributed by atoms with Crippen LogP contribution in [-0.2, 0) is 0 Å². The van der Waals surface area contributed by atoms with Gasteiger partial charge in [-0.15, -0.1) is 0 Å². The van der Waals surface area contributed by atoms with Crippen LogP contribution in [0.5, 0.6) is 5.75 Å². The summed E-state index contributed by atoms with van der Waals surface area (Å²) in [4.78, 5) is 2.12. The number of anilines is 1. The van der Waals surface area contributed by atoms with Crippen LogP contribution in [0, 0.1) is 0 Å². The van der Waals surface area contributed by atoms with Gasteiger partial charge in [-0.05, 0) is 50.5 Å². The molecule has 0 bridgehead atoms. The van der Waals surface area contributed by atoms with Gasteiger partial charge in [-0.25, -0.2) is 0 Å². The first-order valence-electron chi connectivity index (χ1n) is 6.91. The summed E-state index contributed by atoms with van der Waals surface area (Å²) < 4.78 is 5.69. The van der Waals surface area contributed by atoms with Crippen LogP contribution in [0.3, 0.4) is 0 Å². The van der Waals surface area contributed by atoms with Crippen molar-refractivity contribution in [2.45, 2.75) is 24.6 Å². The summed E-state index contributed by atoms with van der Waals surface area (Å²) in [6.45, 7) is 3.97. The minimum atomic E-state index is 0.602. The number of ether oxygens (including phenoxy) is 1. The van der Waals surface area contributed by atoms with Gasteiger partial charge in [0, 0.05) is 23.5 Å². The van der Waals surface area contributed by atoms with Crippen molar-refractivity contribution >= 4 is 17.4 Å². The second-order valence-corrected chi connectivity index (χ2v) is 6.78. The van der Waals surface area contributed by atoms with E-state index in [0.717, 1.165) is 18.9 Å². The Bertz CT molecular complexity index is 380. The van der Waals surface area contributed by atoms with Gasteiger partial charge >= 0.3 is 0 Å². The summed E-state index contributed by atoms with van der Waals surface area (Å²) in [6, 6.07) is 8.92. The van der Waals surface area contributed by atoms with E-state index in [1.165, 1.54) is 17.9 Å². The summed E-state index contributed by atoms with van der Waals surface area (Å²) >= 11 is 2.05. The number of nitrogens with zero attached hydrogens (tertiary/aromatic N) is 1. The SMILES string of the molecule is CC1SCCC1Nc1ccc(OCCN(C)C)cc1. The largest absolute Gasteiger partial charge is 0.492 e. The zero-order valence-electron chi connectivity index (χ0n) is 12.1. The Labute approximate surface area is 120 Å². The third kappa shape index (κ3) is 4.62. The molecule has 106 valence electrons. The summed E-state index contributed by atoms with van der Waals surface area (Å²) in [5, 5.41) is 4.31. The molecule has 2 unspecified atom stereocenters. The van der Waals surface area contributed by atoms with Crippen LogP contribution in [0.1, 0.15) is 13.3 Å². The molecule has 4 heteroatoms. The maximum atomic E-state index is 5.69. The lowest BCUT2D eigenvalue weighted by Gasteiger charge is -2.18. The zero-order chi connectivity index (χ0) is 13.7.